The fourth-order valence-electron chi connectivity index (χ4n) is 3.71. The molecule has 3 nitrogen and oxygen atoms in total. The van der Waals surface area contributed by atoms with Crippen LogP contribution in [0, 0.1) is 5.92 Å². The molecule has 0 aromatic heterocycles. The highest BCUT2D eigenvalue weighted by atomic mass is 16.5. The molecular formula is C16H31NO2. The number of rotatable bonds is 5. The minimum absolute atomic E-state index is 0.344. The summed E-state index contributed by atoms with van der Waals surface area (Å²) < 4.78 is 12.0. The largest absolute Gasteiger partial charge is 0.376 e. The van der Waals surface area contributed by atoms with Crippen LogP contribution >= 0.6 is 0 Å². The van der Waals surface area contributed by atoms with Crippen molar-refractivity contribution in [3.05, 3.63) is 0 Å². The number of ether oxygens (including phenoxy) is 2. The van der Waals surface area contributed by atoms with E-state index in [1.165, 1.54) is 32.1 Å². The van der Waals surface area contributed by atoms with Gasteiger partial charge in [-0.25, -0.2) is 0 Å². The van der Waals surface area contributed by atoms with Gasteiger partial charge in [0.1, 0.15) is 0 Å². The summed E-state index contributed by atoms with van der Waals surface area (Å²) in [4.78, 5) is 0. The molecule has 0 amide bonds. The van der Waals surface area contributed by atoms with E-state index in [9.17, 15) is 0 Å². The van der Waals surface area contributed by atoms with Crippen molar-refractivity contribution in [1.82, 2.24) is 5.32 Å². The predicted octanol–water partition coefficient (Wildman–Crippen LogP) is 3.13. The molecule has 2 fully saturated rings. The third-order valence-corrected chi connectivity index (χ3v) is 4.76. The van der Waals surface area contributed by atoms with Crippen molar-refractivity contribution in [3.63, 3.8) is 0 Å². The molecule has 1 saturated carbocycles. The quantitative estimate of drug-likeness (QED) is 0.832. The van der Waals surface area contributed by atoms with Gasteiger partial charge in [0.25, 0.3) is 0 Å². The summed E-state index contributed by atoms with van der Waals surface area (Å²) in [5, 5.41) is 3.48. The number of hydrogen-bond donors (Lipinski definition) is 1. The van der Waals surface area contributed by atoms with Crippen molar-refractivity contribution in [2.24, 2.45) is 5.92 Å². The summed E-state index contributed by atoms with van der Waals surface area (Å²) in [5.41, 5.74) is 0. The Kier molecular flexibility index (Phi) is 6.11. The van der Waals surface area contributed by atoms with Crippen molar-refractivity contribution in [1.29, 1.82) is 0 Å². The Bertz CT molecular complexity index is 243. The predicted molar refractivity (Wildman–Crippen MR) is 78.4 cm³/mol. The van der Waals surface area contributed by atoms with E-state index < -0.39 is 0 Å². The minimum Gasteiger partial charge on any atom is -0.376 e. The van der Waals surface area contributed by atoms with Crippen LogP contribution in [-0.2, 0) is 9.47 Å². The molecule has 1 aliphatic heterocycles. The van der Waals surface area contributed by atoms with Crippen LogP contribution in [0.1, 0.15) is 58.8 Å². The molecule has 1 N–H and O–H groups in total. The van der Waals surface area contributed by atoms with E-state index in [0.29, 0.717) is 24.4 Å². The van der Waals surface area contributed by atoms with Gasteiger partial charge < -0.3 is 14.8 Å². The molecule has 3 unspecified atom stereocenters. The molecule has 0 radical (unpaired) electrons. The molecule has 0 aromatic carbocycles. The highest BCUT2D eigenvalue weighted by Crippen LogP contribution is 2.28. The summed E-state index contributed by atoms with van der Waals surface area (Å²) in [6.45, 7) is 5.18. The van der Waals surface area contributed by atoms with E-state index in [0.717, 1.165) is 25.4 Å². The van der Waals surface area contributed by atoms with Crippen LogP contribution in [0.3, 0.4) is 0 Å². The molecule has 1 aliphatic carbocycles. The molecule has 0 bridgehead atoms. The summed E-state index contributed by atoms with van der Waals surface area (Å²) in [6.07, 6.45) is 10.1. The zero-order valence-corrected chi connectivity index (χ0v) is 12.9. The molecule has 2 rings (SSSR count). The first kappa shape index (κ1) is 15.3. The van der Waals surface area contributed by atoms with Gasteiger partial charge in [-0.15, -0.1) is 0 Å². The number of hydrogen-bond acceptors (Lipinski definition) is 3. The summed E-state index contributed by atoms with van der Waals surface area (Å²) in [7, 11) is 2.08. The Morgan fingerprint density at radius 3 is 2.32 bits per heavy atom. The maximum atomic E-state index is 6.19. The van der Waals surface area contributed by atoms with E-state index in [1.807, 2.05) is 0 Å². The Morgan fingerprint density at radius 2 is 1.74 bits per heavy atom. The lowest BCUT2D eigenvalue weighted by molar-refractivity contribution is -0.106. The van der Waals surface area contributed by atoms with E-state index in [2.05, 4.69) is 26.2 Å². The van der Waals surface area contributed by atoms with Gasteiger partial charge in [-0.3, -0.25) is 0 Å². The molecule has 0 spiro atoms. The van der Waals surface area contributed by atoms with Crippen LogP contribution in [0.25, 0.3) is 0 Å². The van der Waals surface area contributed by atoms with E-state index in [4.69, 9.17) is 9.47 Å². The van der Waals surface area contributed by atoms with Crippen molar-refractivity contribution in [2.45, 2.75) is 83.1 Å². The average Bonchev–Trinajstić information content (AvgIpc) is 2.39. The van der Waals surface area contributed by atoms with Crippen molar-refractivity contribution in [3.8, 4) is 0 Å². The van der Waals surface area contributed by atoms with Crippen LogP contribution in [-0.4, -0.2) is 38.0 Å². The molecule has 1 saturated heterocycles. The van der Waals surface area contributed by atoms with Gasteiger partial charge in [0, 0.05) is 6.04 Å². The van der Waals surface area contributed by atoms with Crippen LogP contribution in [0.2, 0.25) is 0 Å². The Balaban J connectivity index is 1.75. The normalized spacial score (nSPS) is 35.2. The molecule has 3 atom stereocenters. The highest BCUT2D eigenvalue weighted by molar-refractivity contribution is 4.80. The van der Waals surface area contributed by atoms with Crippen LogP contribution in [0.5, 0.6) is 0 Å². The second-order valence-corrected chi connectivity index (χ2v) is 6.48. The van der Waals surface area contributed by atoms with Crippen LogP contribution in [0.15, 0.2) is 0 Å². The first-order valence-electron chi connectivity index (χ1n) is 8.13. The van der Waals surface area contributed by atoms with Gasteiger partial charge >= 0.3 is 0 Å². The highest BCUT2D eigenvalue weighted by Gasteiger charge is 2.27. The Morgan fingerprint density at radius 1 is 1.11 bits per heavy atom. The minimum atomic E-state index is 0.344. The topological polar surface area (TPSA) is 30.5 Å². The zero-order chi connectivity index (χ0) is 13.7. The van der Waals surface area contributed by atoms with Crippen molar-refractivity contribution in [2.75, 3.05) is 13.7 Å². The van der Waals surface area contributed by atoms with Crippen LogP contribution in [0.4, 0.5) is 0 Å². The molecule has 112 valence electrons. The fourth-order valence-corrected chi connectivity index (χ4v) is 3.71. The third-order valence-electron chi connectivity index (χ3n) is 4.76. The third kappa shape index (κ3) is 4.73. The standard InChI is InChI=1S/C16H31NO2/c1-12-9-15(10-13(2)19-12)18-11-16(17-3)14-7-5-4-6-8-14/h12-17H,4-11H2,1-3H3. The smallest absolute Gasteiger partial charge is 0.0626 e. The summed E-state index contributed by atoms with van der Waals surface area (Å²) >= 11 is 0. The van der Waals surface area contributed by atoms with E-state index in [-0.39, 0.29) is 0 Å². The molecule has 0 aromatic rings. The summed E-state index contributed by atoms with van der Waals surface area (Å²) in [6, 6.07) is 0.536. The van der Waals surface area contributed by atoms with Gasteiger partial charge in [-0.2, -0.15) is 0 Å². The first-order valence-corrected chi connectivity index (χ1v) is 8.13. The average molecular weight is 269 g/mol. The van der Waals surface area contributed by atoms with Gasteiger partial charge in [0.2, 0.25) is 0 Å². The molecule has 3 heteroatoms. The lowest BCUT2D eigenvalue weighted by atomic mass is 9.84. The molecule has 2 aliphatic rings. The molecule has 19 heavy (non-hydrogen) atoms. The SMILES string of the molecule is CNC(COC1CC(C)OC(C)C1)C1CCCCC1. The van der Waals surface area contributed by atoms with Crippen molar-refractivity contribution < 1.29 is 9.47 Å². The maximum absolute atomic E-state index is 6.19. The number of nitrogens with one attached hydrogen (secondary N) is 1. The second kappa shape index (κ2) is 7.61. The Hall–Kier alpha value is -0.120. The van der Waals surface area contributed by atoms with Crippen molar-refractivity contribution >= 4 is 0 Å². The summed E-state index contributed by atoms with van der Waals surface area (Å²) in [5.74, 6) is 0.813. The van der Waals surface area contributed by atoms with Gasteiger partial charge in [-0.1, -0.05) is 19.3 Å². The van der Waals surface area contributed by atoms with E-state index >= 15 is 0 Å². The van der Waals surface area contributed by atoms with Gasteiger partial charge in [0.15, 0.2) is 0 Å². The van der Waals surface area contributed by atoms with E-state index in [1.54, 1.807) is 0 Å². The second-order valence-electron chi connectivity index (χ2n) is 6.48. The first-order chi connectivity index (χ1) is 9.19. The monoisotopic (exact) mass is 269 g/mol. The lowest BCUT2D eigenvalue weighted by Crippen LogP contribution is -2.42. The number of likely N-dealkylation sites (N-methyl/N-ethyl adjacent to an activating group) is 1. The van der Waals surface area contributed by atoms with Gasteiger partial charge in [-0.05, 0) is 52.5 Å². The molecular weight excluding hydrogens is 238 g/mol. The zero-order valence-electron chi connectivity index (χ0n) is 12.9. The lowest BCUT2D eigenvalue weighted by Gasteiger charge is -2.35. The maximum Gasteiger partial charge on any atom is 0.0626 e. The molecule has 1 heterocycles. The van der Waals surface area contributed by atoms with Crippen LogP contribution < -0.4 is 5.32 Å². The van der Waals surface area contributed by atoms with Gasteiger partial charge in [0.05, 0.1) is 24.9 Å². The Labute approximate surface area is 118 Å². The fraction of sp³-hybridized carbons (Fsp3) is 1.00.